The number of carbonyl (C=O) groups excluding carboxylic acids is 1. The van der Waals surface area contributed by atoms with Crippen LogP contribution in [0, 0.1) is 5.82 Å². The summed E-state index contributed by atoms with van der Waals surface area (Å²) in [5.74, 6) is 0.235. The fourth-order valence-electron chi connectivity index (χ4n) is 2.51. The first-order valence-corrected chi connectivity index (χ1v) is 7.86. The third-order valence-electron chi connectivity index (χ3n) is 3.89. The van der Waals surface area contributed by atoms with Gasteiger partial charge in [0.2, 0.25) is 5.91 Å². The van der Waals surface area contributed by atoms with Crippen molar-refractivity contribution in [2.24, 2.45) is 0 Å². The Morgan fingerprint density at radius 3 is 2.54 bits per heavy atom. The quantitative estimate of drug-likeness (QED) is 0.820. The third-order valence-corrected chi connectivity index (χ3v) is 3.89. The van der Waals surface area contributed by atoms with E-state index < -0.39 is 12.1 Å². The highest BCUT2D eigenvalue weighted by Crippen LogP contribution is 2.20. The lowest BCUT2D eigenvalue weighted by molar-refractivity contribution is -0.122. The summed E-state index contributed by atoms with van der Waals surface area (Å²) in [7, 11) is 1.60. The zero-order chi connectivity index (χ0) is 17.5. The van der Waals surface area contributed by atoms with E-state index >= 15 is 0 Å². The monoisotopic (exact) mass is 331 g/mol. The zero-order valence-corrected chi connectivity index (χ0v) is 13.8. The van der Waals surface area contributed by atoms with Crippen molar-refractivity contribution in [3.63, 3.8) is 0 Å². The number of nitrogens with one attached hydrogen (secondary N) is 1. The molecule has 4 nitrogen and oxygen atoms in total. The lowest BCUT2D eigenvalue weighted by Crippen LogP contribution is -2.37. The second kappa shape index (κ2) is 8.45. The van der Waals surface area contributed by atoms with Crippen LogP contribution in [0.1, 0.15) is 30.6 Å². The first-order valence-electron chi connectivity index (χ1n) is 7.86. The van der Waals surface area contributed by atoms with Crippen LogP contribution in [0.4, 0.5) is 4.39 Å². The minimum Gasteiger partial charge on any atom is -0.496 e. The van der Waals surface area contributed by atoms with Gasteiger partial charge in [-0.3, -0.25) is 4.79 Å². The average Bonchev–Trinajstić information content (AvgIpc) is 2.60. The van der Waals surface area contributed by atoms with Crippen LogP contribution in [0.5, 0.6) is 5.75 Å². The molecule has 0 saturated heterocycles. The summed E-state index contributed by atoms with van der Waals surface area (Å²) in [5, 5.41) is 13.0. The van der Waals surface area contributed by atoms with Gasteiger partial charge in [0, 0.05) is 6.42 Å². The molecule has 24 heavy (non-hydrogen) atoms. The molecular weight excluding hydrogens is 309 g/mol. The van der Waals surface area contributed by atoms with E-state index in [0.29, 0.717) is 18.4 Å². The second-order valence-corrected chi connectivity index (χ2v) is 5.66. The van der Waals surface area contributed by atoms with Gasteiger partial charge >= 0.3 is 0 Å². The molecule has 0 aromatic heterocycles. The molecule has 1 amide bonds. The van der Waals surface area contributed by atoms with Gasteiger partial charge in [-0.05, 0) is 42.7 Å². The van der Waals surface area contributed by atoms with Crippen LogP contribution in [-0.2, 0) is 11.2 Å². The SMILES string of the molecule is COc1ccccc1CCC(=O)NC(C)C(O)c1ccc(F)cc1. The van der Waals surface area contributed by atoms with E-state index in [0.717, 1.165) is 11.3 Å². The van der Waals surface area contributed by atoms with Crippen molar-refractivity contribution >= 4 is 5.91 Å². The average molecular weight is 331 g/mol. The second-order valence-electron chi connectivity index (χ2n) is 5.66. The topological polar surface area (TPSA) is 58.6 Å². The molecule has 2 atom stereocenters. The molecule has 0 heterocycles. The molecule has 0 bridgehead atoms. The number of carbonyl (C=O) groups is 1. The van der Waals surface area contributed by atoms with Crippen molar-refractivity contribution in [2.45, 2.75) is 31.9 Å². The van der Waals surface area contributed by atoms with E-state index in [4.69, 9.17) is 4.74 Å². The van der Waals surface area contributed by atoms with Crippen molar-refractivity contribution < 1.29 is 19.0 Å². The van der Waals surface area contributed by atoms with Crippen LogP contribution in [0.25, 0.3) is 0 Å². The summed E-state index contributed by atoms with van der Waals surface area (Å²) in [5.41, 5.74) is 1.52. The summed E-state index contributed by atoms with van der Waals surface area (Å²) >= 11 is 0. The molecule has 0 aliphatic heterocycles. The van der Waals surface area contributed by atoms with Crippen molar-refractivity contribution in [3.8, 4) is 5.75 Å². The number of aryl methyl sites for hydroxylation is 1. The van der Waals surface area contributed by atoms with E-state index in [1.165, 1.54) is 24.3 Å². The van der Waals surface area contributed by atoms with Gasteiger partial charge < -0.3 is 15.2 Å². The smallest absolute Gasteiger partial charge is 0.220 e. The standard InChI is InChI=1S/C19H22FNO3/c1-13(19(23)15-7-10-16(20)11-8-15)21-18(22)12-9-14-5-3-4-6-17(14)24-2/h3-8,10-11,13,19,23H,9,12H2,1-2H3,(H,21,22). The van der Waals surface area contributed by atoms with Gasteiger partial charge in [-0.25, -0.2) is 4.39 Å². The molecule has 0 radical (unpaired) electrons. The molecular formula is C19H22FNO3. The van der Waals surface area contributed by atoms with Gasteiger partial charge in [0.05, 0.1) is 19.3 Å². The molecule has 2 rings (SSSR count). The number of methoxy groups -OCH3 is 1. The van der Waals surface area contributed by atoms with Crippen LogP contribution >= 0.6 is 0 Å². The Balaban J connectivity index is 1.88. The zero-order valence-electron chi connectivity index (χ0n) is 13.8. The highest BCUT2D eigenvalue weighted by Gasteiger charge is 2.18. The van der Waals surface area contributed by atoms with E-state index in [2.05, 4.69) is 5.32 Å². The van der Waals surface area contributed by atoms with E-state index in [9.17, 15) is 14.3 Å². The van der Waals surface area contributed by atoms with Gasteiger partial charge in [0.15, 0.2) is 0 Å². The Bertz CT molecular complexity index is 673. The van der Waals surface area contributed by atoms with Gasteiger partial charge in [0.25, 0.3) is 0 Å². The van der Waals surface area contributed by atoms with Crippen molar-refractivity contribution in [1.29, 1.82) is 0 Å². The summed E-state index contributed by atoms with van der Waals surface area (Å²) in [6, 6.07) is 12.7. The number of ether oxygens (including phenoxy) is 1. The molecule has 128 valence electrons. The fourth-order valence-corrected chi connectivity index (χ4v) is 2.51. The molecule has 0 spiro atoms. The number of halogens is 1. The van der Waals surface area contributed by atoms with Gasteiger partial charge in [-0.2, -0.15) is 0 Å². The van der Waals surface area contributed by atoms with Gasteiger partial charge in [-0.1, -0.05) is 30.3 Å². The first kappa shape index (κ1) is 17.9. The Morgan fingerprint density at radius 2 is 1.88 bits per heavy atom. The largest absolute Gasteiger partial charge is 0.496 e. The molecule has 0 saturated carbocycles. The number of benzene rings is 2. The minimum atomic E-state index is -0.888. The number of aliphatic hydroxyl groups excluding tert-OH is 1. The van der Waals surface area contributed by atoms with E-state index in [-0.39, 0.29) is 11.7 Å². The molecule has 0 aliphatic rings. The first-order chi connectivity index (χ1) is 11.5. The molecule has 2 aromatic rings. The summed E-state index contributed by atoms with van der Waals surface area (Å²) in [6.45, 7) is 1.72. The Kier molecular flexibility index (Phi) is 6.32. The summed E-state index contributed by atoms with van der Waals surface area (Å²) in [4.78, 5) is 12.1. The van der Waals surface area contributed by atoms with Crippen LogP contribution in [0.15, 0.2) is 48.5 Å². The van der Waals surface area contributed by atoms with Crippen molar-refractivity contribution in [2.75, 3.05) is 7.11 Å². The lowest BCUT2D eigenvalue weighted by Gasteiger charge is -2.20. The van der Waals surface area contributed by atoms with Crippen molar-refractivity contribution in [1.82, 2.24) is 5.32 Å². The number of hydrogen-bond donors (Lipinski definition) is 2. The van der Waals surface area contributed by atoms with Crippen LogP contribution < -0.4 is 10.1 Å². The number of amides is 1. The lowest BCUT2D eigenvalue weighted by atomic mass is 10.0. The van der Waals surface area contributed by atoms with E-state index in [1.807, 2.05) is 24.3 Å². The van der Waals surface area contributed by atoms with E-state index in [1.54, 1.807) is 14.0 Å². The molecule has 2 N–H and O–H groups in total. The molecule has 2 aromatic carbocycles. The third kappa shape index (κ3) is 4.80. The van der Waals surface area contributed by atoms with Crippen LogP contribution in [0.3, 0.4) is 0 Å². The predicted molar refractivity (Wildman–Crippen MR) is 90.3 cm³/mol. The maximum atomic E-state index is 12.9. The van der Waals surface area contributed by atoms with Crippen molar-refractivity contribution in [3.05, 3.63) is 65.5 Å². The number of para-hydroxylation sites is 1. The highest BCUT2D eigenvalue weighted by atomic mass is 19.1. The van der Waals surface area contributed by atoms with Gasteiger partial charge in [-0.15, -0.1) is 0 Å². The summed E-state index contributed by atoms with van der Waals surface area (Å²) < 4.78 is 18.2. The van der Waals surface area contributed by atoms with Crippen LogP contribution in [0.2, 0.25) is 0 Å². The Morgan fingerprint density at radius 1 is 1.21 bits per heavy atom. The molecule has 0 aliphatic carbocycles. The highest BCUT2D eigenvalue weighted by molar-refractivity contribution is 5.76. The summed E-state index contributed by atoms with van der Waals surface area (Å²) in [6.07, 6.45) is -0.0448. The fraction of sp³-hybridized carbons (Fsp3) is 0.316. The Hall–Kier alpha value is -2.40. The van der Waals surface area contributed by atoms with Crippen LogP contribution in [-0.4, -0.2) is 24.2 Å². The normalized spacial score (nSPS) is 13.2. The molecule has 2 unspecified atom stereocenters. The van der Waals surface area contributed by atoms with Gasteiger partial charge in [0.1, 0.15) is 11.6 Å². The maximum absolute atomic E-state index is 12.9. The minimum absolute atomic E-state index is 0.158. The predicted octanol–water partition coefficient (Wildman–Crippen LogP) is 3.01. The number of rotatable bonds is 7. The Labute approximate surface area is 141 Å². The number of hydrogen-bond acceptors (Lipinski definition) is 3. The molecule has 0 fully saturated rings. The molecule has 5 heteroatoms. The number of aliphatic hydroxyl groups is 1. The maximum Gasteiger partial charge on any atom is 0.220 e.